The first kappa shape index (κ1) is 14.4. The van der Waals surface area contributed by atoms with Crippen molar-refractivity contribution in [2.75, 3.05) is 14.2 Å². The van der Waals surface area contributed by atoms with Crippen LogP contribution in [-0.2, 0) is 6.54 Å². The zero-order valence-corrected chi connectivity index (χ0v) is 13.3. The van der Waals surface area contributed by atoms with Crippen molar-refractivity contribution in [1.29, 1.82) is 0 Å². The molecular weight excluding hydrogens is 282 g/mol. The largest absolute Gasteiger partial charge is 0.497 e. The predicted octanol–water partition coefficient (Wildman–Crippen LogP) is 4.01. The molecule has 0 saturated heterocycles. The first-order chi connectivity index (χ1) is 10.3. The van der Waals surface area contributed by atoms with Crippen LogP contribution in [0.15, 0.2) is 35.7 Å². The molecular formula is C17H21NO2S. The normalized spacial score (nSPS) is 15.7. The Hall–Kier alpha value is -1.52. The van der Waals surface area contributed by atoms with E-state index in [1.807, 2.05) is 23.5 Å². The predicted molar refractivity (Wildman–Crippen MR) is 86.2 cm³/mol. The molecule has 1 heterocycles. The van der Waals surface area contributed by atoms with E-state index < -0.39 is 0 Å². The SMILES string of the molecule is COc1ccc(CNC(c2cccs2)C2CC2)c(OC)c1. The lowest BCUT2D eigenvalue weighted by Gasteiger charge is -2.18. The summed E-state index contributed by atoms with van der Waals surface area (Å²) in [6.45, 7) is 0.812. The number of benzene rings is 1. The summed E-state index contributed by atoms with van der Waals surface area (Å²) in [5.41, 5.74) is 1.17. The first-order valence-electron chi connectivity index (χ1n) is 7.29. The molecule has 3 rings (SSSR count). The minimum Gasteiger partial charge on any atom is -0.497 e. The maximum atomic E-state index is 5.47. The van der Waals surface area contributed by atoms with Gasteiger partial charge < -0.3 is 14.8 Å². The van der Waals surface area contributed by atoms with E-state index in [9.17, 15) is 0 Å². The zero-order chi connectivity index (χ0) is 14.7. The van der Waals surface area contributed by atoms with E-state index in [1.165, 1.54) is 23.3 Å². The van der Waals surface area contributed by atoms with Crippen molar-refractivity contribution in [2.45, 2.75) is 25.4 Å². The fourth-order valence-electron chi connectivity index (χ4n) is 2.62. The molecule has 3 nitrogen and oxygen atoms in total. The van der Waals surface area contributed by atoms with E-state index in [4.69, 9.17) is 9.47 Å². The number of nitrogens with one attached hydrogen (secondary N) is 1. The molecule has 1 aliphatic rings. The van der Waals surface area contributed by atoms with E-state index in [1.54, 1.807) is 14.2 Å². The van der Waals surface area contributed by atoms with Gasteiger partial charge >= 0.3 is 0 Å². The van der Waals surface area contributed by atoms with Gasteiger partial charge in [0.15, 0.2) is 0 Å². The molecule has 2 aromatic rings. The standard InChI is InChI=1S/C17H21NO2S/c1-19-14-8-7-13(15(10-14)20-2)11-18-17(12-5-6-12)16-4-3-9-21-16/h3-4,7-10,12,17-18H,5-6,11H2,1-2H3. The summed E-state index contributed by atoms with van der Waals surface area (Å²) in [7, 11) is 3.38. The summed E-state index contributed by atoms with van der Waals surface area (Å²) < 4.78 is 10.7. The Morgan fingerprint density at radius 2 is 2.10 bits per heavy atom. The van der Waals surface area contributed by atoms with Crippen molar-refractivity contribution in [2.24, 2.45) is 5.92 Å². The van der Waals surface area contributed by atoms with Gasteiger partial charge in [0.25, 0.3) is 0 Å². The molecule has 0 spiro atoms. The molecule has 21 heavy (non-hydrogen) atoms. The number of thiophene rings is 1. The summed E-state index contributed by atoms with van der Waals surface area (Å²) in [6.07, 6.45) is 2.66. The third kappa shape index (κ3) is 3.39. The summed E-state index contributed by atoms with van der Waals surface area (Å²) >= 11 is 1.84. The van der Waals surface area contributed by atoms with E-state index in [0.717, 1.165) is 24.0 Å². The van der Waals surface area contributed by atoms with Crippen molar-refractivity contribution < 1.29 is 9.47 Å². The van der Waals surface area contributed by atoms with E-state index in [-0.39, 0.29) is 0 Å². The second kappa shape index (κ2) is 6.50. The third-order valence-corrected chi connectivity index (χ3v) is 4.91. The Bertz CT molecular complexity index is 578. The highest BCUT2D eigenvalue weighted by Gasteiger charge is 2.32. The smallest absolute Gasteiger partial charge is 0.127 e. The number of rotatable bonds is 7. The number of methoxy groups -OCH3 is 2. The van der Waals surface area contributed by atoms with Gasteiger partial charge in [-0.05, 0) is 36.3 Å². The Kier molecular flexibility index (Phi) is 4.46. The fourth-order valence-corrected chi connectivity index (χ4v) is 3.51. The van der Waals surface area contributed by atoms with Crippen LogP contribution >= 0.6 is 11.3 Å². The maximum Gasteiger partial charge on any atom is 0.127 e. The molecule has 4 heteroatoms. The molecule has 1 aromatic carbocycles. The molecule has 1 saturated carbocycles. The van der Waals surface area contributed by atoms with Gasteiger partial charge in [0, 0.05) is 29.1 Å². The first-order valence-corrected chi connectivity index (χ1v) is 8.17. The molecule has 0 aliphatic heterocycles. The van der Waals surface area contributed by atoms with Crippen LogP contribution in [0.2, 0.25) is 0 Å². The van der Waals surface area contributed by atoms with Crippen LogP contribution in [0.1, 0.15) is 29.3 Å². The van der Waals surface area contributed by atoms with Crippen molar-refractivity contribution in [3.05, 3.63) is 46.2 Å². The quantitative estimate of drug-likeness (QED) is 0.838. The van der Waals surface area contributed by atoms with Gasteiger partial charge in [-0.25, -0.2) is 0 Å². The summed E-state index contributed by atoms with van der Waals surface area (Å²) in [5.74, 6) is 2.49. The van der Waals surface area contributed by atoms with Crippen LogP contribution in [0.4, 0.5) is 0 Å². The number of ether oxygens (including phenoxy) is 2. The highest BCUT2D eigenvalue weighted by Crippen LogP contribution is 2.42. The van der Waals surface area contributed by atoms with Gasteiger partial charge in [-0.15, -0.1) is 11.3 Å². The van der Waals surface area contributed by atoms with Crippen LogP contribution in [0.3, 0.4) is 0 Å². The highest BCUT2D eigenvalue weighted by molar-refractivity contribution is 7.10. The maximum absolute atomic E-state index is 5.47. The second-order valence-corrected chi connectivity index (χ2v) is 6.37. The fraction of sp³-hybridized carbons (Fsp3) is 0.412. The minimum absolute atomic E-state index is 0.469. The van der Waals surface area contributed by atoms with Gasteiger partial charge in [0.2, 0.25) is 0 Å². The van der Waals surface area contributed by atoms with Crippen LogP contribution in [-0.4, -0.2) is 14.2 Å². The summed E-state index contributed by atoms with van der Waals surface area (Å²) in [4.78, 5) is 1.44. The highest BCUT2D eigenvalue weighted by atomic mass is 32.1. The van der Waals surface area contributed by atoms with Crippen molar-refractivity contribution in [3.63, 3.8) is 0 Å². The molecule has 0 radical (unpaired) electrons. The molecule has 0 amide bonds. The third-order valence-electron chi connectivity index (χ3n) is 3.95. The monoisotopic (exact) mass is 303 g/mol. The van der Waals surface area contributed by atoms with Crippen LogP contribution in [0.25, 0.3) is 0 Å². The average Bonchev–Trinajstić information content (AvgIpc) is 3.22. The van der Waals surface area contributed by atoms with Crippen LogP contribution < -0.4 is 14.8 Å². The Morgan fingerprint density at radius 1 is 1.24 bits per heavy atom. The van der Waals surface area contributed by atoms with Crippen molar-refractivity contribution in [3.8, 4) is 11.5 Å². The van der Waals surface area contributed by atoms with E-state index in [0.29, 0.717) is 6.04 Å². The minimum atomic E-state index is 0.469. The summed E-state index contributed by atoms with van der Waals surface area (Å²) in [5, 5.41) is 5.86. The Morgan fingerprint density at radius 3 is 2.71 bits per heavy atom. The molecule has 1 N–H and O–H groups in total. The average molecular weight is 303 g/mol. The molecule has 1 unspecified atom stereocenters. The number of hydrogen-bond donors (Lipinski definition) is 1. The number of hydrogen-bond acceptors (Lipinski definition) is 4. The summed E-state index contributed by atoms with van der Waals surface area (Å²) in [6, 6.07) is 10.8. The molecule has 1 aliphatic carbocycles. The van der Waals surface area contributed by atoms with E-state index >= 15 is 0 Å². The van der Waals surface area contributed by atoms with Gasteiger partial charge in [0.1, 0.15) is 11.5 Å². The van der Waals surface area contributed by atoms with Gasteiger partial charge in [-0.3, -0.25) is 0 Å². The molecule has 0 bridgehead atoms. The Labute approximate surface area is 129 Å². The van der Waals surface area contributed by atoms with Crippen molar-refractivity contribution >= 4 is 11.3 Å². The van der Waals surface area contributed by atoms with Gasteiger partial charge in [0.05, 0.1) is 14.2 Å². The van der Waals surface area contributed by atoms with Gasteiger partial charge in [-0.2, -0.15) is 0 Å². The van der Waals surface area contributed by atoms with E-state index in [2.05, 4.69) is 28.9 Å². The second-order valence-electron chi connectivity index (χ2n) is 5.39. The van der Waals surface area contributed by atoms with Gasteiger partial charge in [-0.1, -0.05) is 12.1 Å². The molecule has 112 valence electrons. The molecule has 1 atom stereocenters. The lowest BCUT2D eigenvalue weighted by molar-refractivity contribution is 0.387. The molecule has 1 aromatic heterocycles. The molecule has 1 fully saturated rings. The lowest BCUT2D eigenvalue weighted by atomic mass is 10.1. The van der Waals surface area contributed by atoms with Crippen LogP contribution in [0, 0.1) is 5.92 Å². The Balaban J connectivity index is 1.71. The van der Waals surface area contributed by atoms with Crippen molar-refractivity contribution in [1.82, 2.24) is 5.32 Å². The zero-order valence-electron chi connectivity index (χ0n) is 12.5. The topological polar surface area (TPSA) is 30.5 Å². The van der Waals surface area contributed by atoms with Crippen LogP contribution in [0.5, 0.6) is 11.5 Å². The lowest BCUT2D eigenvalue weighted by Crippen LogP contribution is -2.22.